The number of likely N-dealkylation sites (tertiary alicyclic amines) is 1. The summed E-state index contributed by atoms with van der Waals surface area (Å²) < 4.78 is 39.5. The van der Waals surface area contributed by atoms with Gasteiger partial charge in [0.2, 0.25) is 27.7 Å². The van der Waals surface area contributed by atoms with Crippen molar-refractivity contribution >= 4 is 44.6 Å². The lowest BCUT2D eigenvalue weighted by Gasteiger charge is -2.36. The lowest BCUT2D eigenvalue weighted by molar-refractivity contribution is -0.143. The maximum Gasteiger partial charge on any atom is 0.408 e. The molecule has 13 nitrogen and oxygen atoms in total. The third-order valence-corrected chi connectivity index (χ3v) is 11.6. The lowest BCUT2D eigenvalue weighted by atomic mass is 9.85. The number of sulfonamides is 1. The van der Waals surface area contributed by atoms with Gasteiger partial charge in [-0.3, -0.25) is 19.1 Å². The molecule has 1 aromatic carbocycles. The van der Waals surface area contributed by atoms with Crippen molar-refractivity contribution < 1.29 is 37.1 Å². The summed E-state index contributed by atoms with van der Waals surface area (Å²) in [6, 6.07) is 5.70. The van der Waals surface area contributed by atoms with E-state index in [0.717, 1.165) is 16.3 Å². The van der Waals surface area contributed by atoms with Gasteiger partial charge in [0.15, 0.2) is 0 Å². The van der Waals surface area contributed by atoms with Crippen LogP contribution in [-0.2, 0) is 34.6 Å². The first-order chi connectivity index (χ1) is 23.9. The van der Waals surface area contributed by atoms with Crippen LogP contribution in [0.15, 0.2) is 43.1 Å². The molecule has 0 bridgehead atoms. The summed E-state index contributed by atoms with van der Waals surface area (Å²) in [4.78, 5) is 61.0. The monoisotopic (exact) mass is 739 g/mol. The second-order valence-corrected chi connectivity index (χ2v) is 19.4. The molecule has 3 fully saturated rings. The fraction of sp³-hybridized carbons (Fsp3) is 0.605. The number of ether oxygens (including phenoxy) is 2. The van der Waals surface area contributed by atoms with Gasteiger partial charge in [-0.1, -0.05) is 59.8 Å². The molecule has 2 saturated carbocycles. The van der Waals surface area contributed by atoms with Gasteiger partial charge in [0.25, 0.3) is 5.91 Å². The summed E-state index contributed by atoms with van der Waals surface area (Å²) in [7, 11) is -3.89. The maximum atomic E-state index is 14.5. The van der Waals surface area contributed by atoms with Crippen molar-refractivity contribution in [2.75, 3.05) is 6.54 Å². The second kappa shape index (κ2) is 13.7. The number of benzene rings is 1. The van der Waals surface area contributed by atoms with Gasteiger partial charge in [-0.05, 0) is 73.9 Å². The van der Waals surface area contributed by atoms with E-state index in [4.69, 9.17) is 9.47 Å². The molecule has 2 aromatic rings. The summed E-state index contributed by atoms with van der Waals surface area (Å²) in [5, 5.41) is 6.56. The van der Waals surface area contributed by atoms with Crippen molar-refractivity contribution in [3.05, 3.63) is 48.7 Å². The number of hydrogen-bond donors (Lipinski definition) is 3. The van der Waals surface area contributed by atoms with Crippen molar-refractivity contribution in [2.24, 2.45) is 11.3 Å². The molecule has 284 valence electrons. The van der Waals surface area contributed by atoms with Gasteiger partial charge < -0.3 is 25.0 Å². The third kappa shape index (κ3) is 8.53. The van der Waals surface area contributed by atoms with E-state index in [-0.39, 0.29) is 24.8 Å². The van der Waals surface area contributed by atoms with Crippen LogP contribution < -0.4 is 20.1 Å². The van der Waals surface area contributed by atoms with Crippen LogP contribution in [-0.4, -0.2) is 83.2 Å². The molecule has 2 heterocycles. The zero-order valence-electron chi connectivity index (χ0n) is 31.7. The van der Waals surface area contributed by atoms with Crippen LogP contribution in [0.3, 0.4) is 0 Å². The van der Waals surface area contributed by atoms with E-state index in [9.17, 15) is 27.6 Å². The van der Waals surface area contributed by atoms with E-state index in [1.165, 1.54) is 11.0 Å². The molecule has 3 aliphatic rings. The van der Waals surface area contributed by atoms with Gasteiger partial charge in [0.1, 0.15) is 29.3 Å². The van der Waals surface area contributed by atoms with Crippen LogP contribution in [0.1, 0.15) is 93.6 Å². The van der Waals surface area contributed by atoms with Gasteiger partial charge in [0, 0.05) is 23.9 Å². The molecule has 5 rings (SSSR count). The Morgan fingerprint density at radius 3 is 2.27 bits per heavy atom. The van der Waals surface area contributed by atoms with E-state index in [1.807, 2.05) is 18.2 Å². The Kier molecular flexibility index (Phi) is 10.2. The number of hydrogen-bond acceptors (Lipinski definition) is 9. The number of amides is 4. The van der Waals surface area contributed by atoms with Gasteiger partial charge in [-0.2, -0.15) is 0 Å². The molecule has 3 N–H and O–H groups in total. The quantitative estimate of drug-likeness (QED) is 0.297. The summed E-state index contributed by atoms with van der Waals surface area (Å²) >= 11 is 0. The van der Waals surface area contributed by atoms with Crippen molar-refractivity contribution in [3.8, 4) is 5.88 Å². The fourth-order valence-corrected chi connectivity index (χ4v) is 7.87. The number of rotatable bonds is 10. The molecule has 0 spiro atoms. The van der Waals surface area contributed by atoms with Gasteiger partial charge in [0.05, 0.1) is 11.8 Å². The van der Waals surface area contributed by atoms with E-state index < -0.39 is 79.7 Å². The number of alkyl carbamates (subject to hydrolysis) is 1. The van der Waals surface area contributed by atoms with Gasteiger partial charge in [-0.25, -0.2) is 18.2 Å². The van der Waals surface area contributed by atoms with E-state index in [0.29, 0.717) is 18.7 Å². The van der Waals surface area contributed by atoms with Crippen LogP contribution in [0.5, 0.6) is 5.88 Å². The molecule has 1 unspecified atom stereocenters. The highest BCUT2D eigenvalue weighted by atomic mass is 32.2. The standard InChI is InChI=1S/C38H53N5O8S/c1-11-23-20-38(23,33(46)42-52(48,49)26-13-14-26)41-30(44)28-19-25(50-31-27-15-12-24(35(2,3)4)18-22(27)16-17-39-31)21-43(28)32(45)29(36(5,6)7)40-34(47)51-37(8,9)10/h11-12,15-18,23,25-26,28-29H,1,13-14,19-21H2,2-10H3,(H,40,47)(H,41,44)(H,42,46)/t23?,25-,28+,29-,38-/m1/s1. The number of fused-ring (bicyclic) bond motifs is 1. The maximum absolute atomic E-state index is 14.5. The van der Waals surface area contributed by atoms with Crippen LogP contribution in [0, 0.1) is 11.3 Å². The minimum Gasteiger partial charge on any atom is -0.472 e. The normalized spacial score (nSPS) is 24.1. The Bertz CT molecular complexity index is 1870. The molecule has 5 atom stereocenters. The minimum atomic E-state index is -3.89. The van der Waals surface area contributed by atoms with Crippen LogP contribution in [0.2, 0.25) is 0 Å². The Morgan fingerprint density at radius 2 is 1.71 bits per heavy atom. The van der Waals surface area contributed by atoms with Gasteiger partial charge in [-0.15, -0.1) is 6.58 Å². The predicted octanol–water partition coefficient (Wildman–Crippen LogP) is 4.49. The first-order valence-electron chi connectivity index (χ1n) is 17.8. The van der Waals surface area contributed by atoms with Crippen LogP contribution in [0.25, 0.3) is 10.8 Å². The Labute approximate surface area is 306 Å². The first-order valence-corrected chi connectivity index (χ1v) is 19.4. The molecule has 4 amide bonds. The molecule has 1 aliphatic heterocycles. The predicted molar refractivity (Wildman–Crippen MR) is 197 cm³/mol. The Balaban J connectivity index is 1.45. The zero-order valence-corrected chi connectivity index (χ0v) is 32.5. The average molecular weight is 740 g/mol. The SMILES string of the molecule is C=CC1C[C@]1(NC(=O)[C@@H]1C[C@@H](Oc2nccc3cc(C(C)(C)C)ccc23)CN1C(=O)[C@@H](NC(=O)OC(C)(C)C)C(C)(C)C)C(=O)NS(=O)(=O)C1CC1. The largest absolute Gasteiger partial charge is 0.472 e. The topological polar surface area (TPSA) is 173 Å². The van der Waals surface area contributed by atoms with Crippen molar-refractivity contribution in [1.82, 2.24) is 25.2 Å². The van der Waals surface area contributed by atoms with Crippen molar-refractivity contribution in [3.63, 3.8) is 0 Å². The number of carbonyl (C=O) groups excluding carboxylic acids is 4. The van der Waals surface area contributed by atoms with Crippen LogP contribution >= 0.6 is 0 Å². The molecular formula is C38H53N5O8S. The third-order valence-electron chi connectivity index (χ3n) is 9.74. The summed E-state index contributed by atoms with van der Waals surface area (Å²) in [5.74, 6) is -2.22. The highest BCUT2D eigenvalue weighted by Crippen LogP contribution is 2.45. The highest BCUT2D eigenvalue weighted by molar-refractivity contribution is 7.91. The molecule has 1 aromatic heterocycles. The van der Waals surface area contributed by atoms with Crippen LogP contribution in [0.4, 0.5) is 4.79 Å². The number of carbonyl (C=O) groups is 4. The average Bonchev–Trinajstić information content (AvgIpc) is 3.94. The number of pyridine rings is 1. The summed E-state index contributed by atoms with van der Waals surface area (Å²) in [6.45, 7) is 20.6. The highest BCUT2D eigenvalue weighted by Gasteiger charge is 2.62. The van der Waals surface area contributed by atoms with E-state index in [1.54, 1.807) is 47.7 Å². The lowest BCUT2D eigenvalue weighted by Crippen LogP contribution is -2.60. The fourth-order valence-electron chi connectivity index (χ4n) is 6.50. The molecule has 1 saturated heterocycles. The van der Waals surface area contributed by atoms with Crippen molar-refractivity contribution in [1.29, 1.82) is 0 Å². The zero-order chi connectivity index (χ0) is 38.6. The summed E-state index contributed by atoms with van der Waals surface area (Å²) in [6.07, 6.45) is 2.77. The van der Waals surface area contributed by atoms with E-state index in [2.05, 4.69) is 53.8 Å². The molecule has 0 radical (unpaired) electrons. The number of nitrogens with zero attached hydrogens (tertiary/aromatic N) is 2. The van der Waals surface area contributed by atoms with Crippen molar-refractivity contribution in [2.45, 2.75) is 128 Å². The van der Waals surface area contributed by atoms with Gasteiger partial charge >= 0.3 is 6.09 Å². The van der Waals surface area contributed by atoms with E-state index >= 15 is 0 Å². The molecule has 2 aliphatic carbocycles. The molecular weight excluding hydrogens is 687 g/mol. The Morgan fingerprint density at radius 1 is 1.04 bits per heavy atom. The molecule has 52 heavy (non-hydrogen) atoms. The second-order valence-electron chi connectivity index (χ2n) is 17.4. The number of nitrogens with one attached hydrogen (secondary N) is 3. The summed E-state index contributed by atoms with van der Waals surface area (Å²) in [5.41, 5.74) is -2.12. The number of aromatic nitrogens is 1. The first kappa shape index (κ1) is 39.0. The minimum absolute atomic E-state index is 0.0300. The smallest absolute Gasteiger partial charge is 0.408 e. The Hall–Kier alpha value is -4.20. The molecule has 14 heteroatoms.